The number of halogens is 6. The van der Waals surface area contributed by atoms with E-state index in [2.05, 4.69) is 10.2 Å². The molecule has 0 aromatic carbocycles. The van der Waals surface area contributed by atoms with Crippen LogP contribution in [0, 0.1) is 0 Å². The minimum Gasteiger partial charge on any atom is -0.297 e. The van der Waals surface area contributed by atoms with Gasteiger partial charge >= 0.3 is 18.3 Å². The Kier molecular flexibility index (Phi) is 6.32. The van der Waals surface area contributed by atoms with Crippen LogP contribution in [0.3, 0.4) is 0 Å². The zero-order chi connectivity index (χ0) is 17.8. The van der Waals surface area contributed by atoms with E-state index >= 15 is 0 Å². The highest BCUT2D eigenvalue weighted by Crippen LogP contribution is 2.39. The first-order chi connectivity index (χ1) is 10.5. The van der Waals surface area contributed by atoms with Crippen LogP contribution in [0.4, 0.5) is 26.3 Å². The second-order valence-electron chi connectivity index (χ2n) is 5.00. The summed E-state index contributed by atoms with van der Waals surface area (Å²) in [5.41, 5.74) is -1.61. The molecule has 1 aliphatic rings. The molecular weight excluding hydrogens is 328 g/mol. The number of likely N-dealkylation sites (N-methyl/N-ethyl adjacent to an activating group) is 1. The van der Waals surface area contributed by atoms with Gasteiger partial charge in [0.2, 0.25) is 0 Å². The summed E-state index contributed by atoms with van der Waals surface area (Å²) in [4.78, 5) is 12.4. The van der Waals surface area contributed by atoms with Crippen LogP contribution in [0.2, 0.25) is 0 Å². The van der Waals surface area contributed by atoms with Crippen LogP contribution in [-0.2, 0) is 4.79 Å². The Hall–Kier alpha value is -1.45. The lowest BCUT2D eigenvalue weighted by Gasteiger charge is -2.28. The van der Waals surface area contributed by atoms with Crippen molar-refractivity contribution in [3.05, 3.63) is 11.3 Å². The van der Waals surface area contributed by atoms with Crippen molar-refractivity contribution in [2.45, 2.75) is 51.5 Å². The largest absolute Gasteiger partial charge is 0.475 e. The smallest absolute Gasteiger partial charge is 0.297 e. The Labute approximate surface area is 129 Å². The molecule has 1 aliphatic carbocycles. The molecule has 1 unspecified atom stereocenters. The van der Waals surface area contributed by atoms with Crippen molar-refractivity contribution in [1.29, 1.82) is 0 Å². The van der Waals surface area contributed by atoms with Gasteiger partial charge in [0.05, 0.1) is 0 Å². The minimum atomic E-state index is -5.35. The van der Waals surface area contributed by atoms with E-state index in [-0.39, 0.29) is 12.0 Å². The molecule has 1 fully saturated rings. The number of carbonyl (C=O) groups is 1. The highest BCUT2D eigenvalue weighted by atomic mass is 19.4. The number of alkyl halides is 6. The fraction of sp³-hybridized carbons (Fsp3) is 0.769. The number of amides is 1. The predicted octanol–water partition coefficient (Wildman–Crippen LogP) is 4.24. The van der Waals surface area contributed by atoms with Gasteiger partial charge in [-0.3, -0.25) is 9.69 Å². The standard InChI is InChI=1S/C13H17F6N3O/c1-3-22(4-2)9-7-5-6-8(9)10(12(14,15)16)20-21-11(23)13(17,18)19/h9H,3-7H2,1-2H3/b10-8+,21-20?. The summed E-state index contributed by atoms with van der Waals surface area (Å²) in [7, 11) is 0. The third kappa shape index (κ3) is 5.02. The summed E-state index contributed by atoms with van der Waals surface area (Å²) in [6.07, 6.45) is -9.33. The van der Waals surface area contributed by atoms with E-state index in [9.17, 15) is 31.1 Å². The monoisotopic (exact) mass is 345 g/mol. The van der Waals surface area contributed by atoms with Gasteiger partial charge in [-0.2, -0.15) is 26.3 Å². The predicted molar refractivity (Wildman–Crippen MR) is 69.6 cm³/mol. The summed E-state index contributed by atoms with van der Waals surface area (Å²) in [6.45, 7) is 4.55. The van der Waals surface area contributed by atoms with Crippen molar-refractivity contribution in [1.82, 2.24) is 4.90 Å². The van der Waals surface area contributed by atoms with Crippen LogP contribution < -0.4 is 0 Å². The van der Waals surface area contributed by atoms with Gasteiger partial charge in [0, 0.05) is 6.04 Å². The second kappa shape index (κ2) is 7.41. The number of nitrogens with zero attached hydrogens (tertiary/aromatic N) is 3. The van der Waals surface area contributed by atoms with Crippen LogP contribution in [0.25, 0.3) is 0 Å². The third-order valence-electron chi connectivity index (χ3n) is 3.64. The van der Waals surface area contributed by atoms with Gasteiger partial charge in [0.15, 0.2) is 5.70 Å². The van der Waals surface area contributed by atoms with E-state index in [0.29, 0.717) is 25.9 Å². The molecule has 1 rings (SSSR count). The lowest BCUT2D eigenvalue weighted by molar-refractivity contribution is -0.170. The summed E-state index contributed by atoms with van der Waals surface area (Å²) in [6, 6.07) is -0.554. The van der Waals surface area contributed by atoms with E-state index in [0.717, 1.165) is 0 Å². The zero-order valence-electron chi connectivity index (χ0n) is 12.6. The lowest BCUT2D eigenvalue weighted by atomic mass is 10.1. The normalized spacial score (nSPS) is 22.2. The number of rotatable bonds is 4. The van der Waals surface area contributed by atoms with Gasteiger partial charge in [0.1, 0.15) is 0 Å². The van der Waals surface area contributed by atoms with Crippen LogP contribution in [0.5, 0.6) is 0 Å². The van der Waals surface area contributed by atoms with Crippen molar-refractivity contribution in [3.63, 3.8) is 0 Å². The van der Waals surface area contributed by atoms with Gasteiger partial charge in [-0.1, -0.05) is 13.8 Å². The van der Waals surface area contributed by atoms with Gasteiger partial charge in [-0.05, 0) is 37.9 Å². The molecule has 0 aromatic rings. The molecule has 0 saturated heterocycles. The van der Waals surface area contributed by atoms with E-state index in [1.165, 1.54) is 0 Å². The maximum absolute atomic E-state index is 13.1. The molecule has 0 spiro atoms. The third-order valence-corrected chi connectivity index (χ3v) is 3.64. The zero-order valence-corrected chi connectivity index (χ0v) is 12.6. The molecule has 1 saturated carbocycles. The Morgan fingerprint density at radius 3 is 2.09 bits per heavy atom. The highest BCUT2D eigenvalue weighted by Gasteiger charge is 2.43. The minimum absolute atomic E-state index is 0.0647. The van der Waals surface area contributed by atoms with Gasteiger partial charge in [0.25, 0.3) is 0 Å². The first-order valence-corrected chi connectivity index (χ1v) is 7.09. The van der Waals surface area contributed by atoms with Crippen molar-refractivity contribution < 1.29 is 31.1 Å². The first-order valence-electron chi connectivity index (χ1n) is 7.09. The Morgan fingerprint density at radius 2 is 1.65 bits per heavy atom. The van der Waals surface area contributed by atoms with Crippen LogP contribution >= 0.6 is 0 Å². The number of allylic oxidation sites excluding steroid dienone is 1. The SMILES string of the molecule is CCN(CC)C1CCC/C1=C(\N=NC(=O)C(F)(F)F)C(F)(F)F. The van der Waals surface area contributed by atoms with Crippen LogP contribution in [0.1, 0.15) is 33.1 Å². The van der Waals surface area contributed by atoms with E-state index in [4.69, 9.17) is 0 Å². The highest BCUT2D eigenvalue weighted by molar-refractivity contribution is 5.82. The number of hydrogen-bond donors (Lipinski definition) is 0. The van der Waals surface area contributed by atoms with E-state index in [1.807, 2.05) is 0 Å². The fourth-order valence-electron chi connectivity index (χ4n) is 2.63. The fourth-order valence-corrected chi connectivity index (χ4v) is 2.63. The van der Waals surface area contributed by atoms with Gasteiger partial charge in [-0.25, -0.2) is 0 Å². The summed E-state index contributed by atoms with van der Waals surface area (Å²) < 4.78 is 75.7. The summed E-state index contributed by atoms with van der Waals surface area (Å²) in [5, 5.41) is 4.84. The van der Waals surface area contributed by atoms with Crippen LogP contribution in [0.15, 0.2) is 21.5 Å². The molecule has 1 amide bonds. The van der Waals surface area contributed by atoms with Crippen molar-refractivity contribution in [3.8, 4) is 0 Å². The molecule has 0 aliphatic heterocycles. The van der Waals surface area contributed by atoms with E-state index in [1.54, 1.807) is 18.7 Å². The molecule has 132 valence electrons. The molecule has 0 radical (unpaired) electrons. The molecule has 0 N–H and O–H groups in total. The quantitative estimate of drug-likeness (QED) is 0.565. The molecule has 0 bridgehead atoms. The van der Waals surface area contributed by atoms with Crippen molar-refractivity contribution >= 4 is 5.91 Å². The maximum atomic E-state index is 13.1. The average molecular weight is 345 g/mol. The second-order valence-corrected chi connectivity index (χ2v) is 5.00. The molecule has 0 heterocycles. The molecule has 23 heavy (non-hydrogen) atoms. The number of hydrogen-bond acceptors (Lipinski definition) is 3. The Balaban J connectivity index is 3.25. The molecule has 10 heteroatoms. The molecule has 0 aromatic heterocycles. The molecule has 4 nitrogen and oxygen atoms in total. The van der Waals surface area contributed by atoms with Crippen molar-refractivity contribution in [2.24, 2.45) is 10.2 Å². The molecular formula is C13H17F6N3O. The van der Waals surface area contributed by atoms with E-state index < -0.39 is 30.0 Å². The van der Waals surface area contributed by atoms with Crippen molar-refractivity contribution in [2.75, 3.05) is 13.1 Å². The number of carbonyl (C=O) groups excluding carboxylic acids is 1. The lowest BCUT2D eigenvalue weighted by Crippen LogP contribution is -2.35. The van der Waals surface area contributed by atoms with Crippen LogP contribution in [-0.4, -0.2) is 42.3 Å². The van der Waals surface area contributed by atoms with Gasteiger partial charge in [-0.15, -0.1) is 10.2 Å². The summed E-state index contributed by atoms with van der Waals surface area (Å²) in [5.74, 6) is -2.66. The molecule has 1 atom stereocenters. The Bertz CT molecular complexity index is 491. The maximum Gasteiger partial charge on any atom is 0.475 e. The van der Waals surface area contributed by atoms with Gasteiger partial charge < -0.3 is 0 Å². The summed E-state index contributed by atoms with van der Waals surface area (Å²) >= 11 is 0. The number of azo groups is 1. The Morgan fingerprint density at radius 1 is 1.09 bits per heavy atom. The first kappa shape index (κ1) is 19.6. The average Bonchev–Trinajstić information content (AvgIpc) is 2.87. The topological polar surface area (TPSA) is 45.0 Å².